The normalized spacial score (nSPS) is 14.8. The van der Waals surface area contributed by atoms with E-state index in [9.17, 15) is 43.5 Å². The molecule has 0 bridgehead atoms. The minimum absolute atomic E-state index is 0.0714. The molecule has 0 aliphatic rings. The summed E-state index contributed by atoms with van der Waals surface area (Å²) in [6.07, 6.45) is 113. The van der Waals surface area contributed by atoms with E-state index >= 15 is 0 Å². The Hall–Kier alpha value is -5.61. The van der Waals surface area contributed by atoms with Crippen molar-refractivity contribution in [1.82, 2.24) is 0 Å². The standard InChI is InChI=1S/C95H156O16P2/c1-4-7-10-13-16-19-22-25-28-31-34-37-39-41-42-43-44-45-46-48-50-52-54-57-60-63-66-69-72-75-78-81-93(98)105-84-90(96)85-107-112(101,102)108-86-91(97)87-109-113(103,104)110-89-92(111-95(100)83-80-77-74-71-68-65-62-59-56-51-36-33-30-27-24-21-18-15-12-9-6-3)88-106-94(99)82-79-76-73-70-67-64-61-58-55-53-49-47-40-38-35-32-29-26-23-20-17-14-11-8-5-2/h7-12,16-21,25-30,34-38,41-42,47,49,51,55,58-59,62,90-92,96-97H,4-6,13-15,22-24,31-33,39-40,43-46,48,50,52-54,56-57,60-61,63-89H2,1-3H3,(H,101,102)(H,103,104)/b10-7-,11-8-,12-9-,19-16-,20-17-,21-18-,28-25-,29-26-,30-27-,37-34-,38-35-,42-41-,49-47-,51-36-,58-55-,62-59-. The van der Waals surface area contributed by atoms with Crippen LogP contribution in [0.2, 0.25) is 0 Å². The molecular formula is C95H156O16P2. The Bertz CT molecular complexity index is 2830. The summed E-state index contributed by atoms with van der Waals surface area (Å²) in [4.78, 5) is 58.9. The molecule has 0 spiro atoms. The summed E-state index contributed by atoms with van der Waals surface area (Å²) in [6, 6.07) is 0. The lowest BCUT2D eigenvalue weighted by atomic mass is 10.0. The number of allylic oxidation sites excluding steroid dienone is 32. The summed E-state index contributed by atoms with van der Waals surface area (Å²) in [7, 11) is -9.83. The first-order valence-electron chi connectivity index (χ1n) is 43.7. The van der Waals surface area contributed by atoms with Crippen LogP contribution in [-0.4, -0.2) is 95.9 Å². The van der Waals surface area contributed by atoms with Gasteiger partial charge in [0.05, 0.1) is 26.4 Å². The molecule has 16 nitrogen and oxygen atoms in total. The van der Waals surface area contributed by atoms with Crippen molar-refractivity contribution in [2.45, 2.75) is 347 Å². The van der Waals surface area contributed by atoms with Crippen LogP contribution in [0.4, 0.5) is 0 Å². The van der Waals surface area contributed by atoms with Crippen LogP contribution in [0.5, 0.6) is 0 Å². The Morgan fingerprint density at radius 2 is 0.442 bits per heavy atom. The smallest absolute Gasteiger partial charge is 0.463 e. The fourth-order valence-corrected chi connectivity index (χ4v) is 12.9. The minimum atomic E-state index is -4.96. The lowest BCUT2D eigenvalue weighted by Crippen LogP contribution is -2.30. The number of aliphatic hydroxyl groups is 2. The molecular weight excluding hydrogens is 1460 g/mol. The van der Waals surface area contributed by atoms with Crippen molar-refractivity contribution in [1.29, 1.82) is 0 Å². The number of unbranched alkanes of at least 4 members (excludes halogenated alkanes) is 26. The van der Waals surface area contributed by atoms with Crippen molar-refractivity contribution in [3.8, 4) is 0 Å². The molecule has 0 rings (SSSR count). The molecule has 0 amide bonds. The van der Waals surface area contributed by atoms with Crippen molar-refractivity contribution < 1.29 is 75.8 Å². The number of phosphoric ester groups is 2. The van der Waals surface area contributed by atoms with E-state index in [0.717, 1.165) is 193 Å². The molecule has 0 aromatic heterocycles. The van der Waals surface area contributed by atoms with Crippen LogP contribution in [0, 0.1) is 0 Å². The molecule has 0 fully saturated rings. The highest BCUT2D eigenvalue weighted by atomic mass is 31.2. The van der Waals surface area contributed by atoms with Crippen LogP contribution in [0.15, 0.2) is 194 Å². The first-order valence-corrected chi connectivity index (χ1v) is 46.7. The monoisotopic (exact) mass is 1620 g/mol. The maximum atomic E-state index is 13.0. The van der Waals surface area contributed by atoms with E-state index in [1.54, 1.807) is 0 Å². The summed E-state index contributed by atoms with van der Waals surface area (Å²) < 4.78 is 61.4. The largest absolute Gasteiger partial charge is 0.472 e. The fraction of sp³-hybridized carbons (Fsp3) is 0.632. The SMILES string of the molecule is CC/C=C\C/C=C\C/C=C\C/C=C\C/C=C\C/C=C\CCCCCCCCC(=O)OCC(COP(=O)(O)OCC(O)COP(=O)(O)OCC(O)COC(=O)CCCCCCCCCCCCCCCCC/C=C\C/C=C\C/C=C\C/C=C\C/C=C\CC)OC(=O)CCCCCCC/C=C\C/C=C\C/C=C\C/C=C\C/C=C\CC. The summed E-state index contributed by atoms with van der Waals surface area (Å²) in [5.41, 5.74) is 0. The van der Waals surface area contributed by atoms with E-state index in [1.807, 2.05) is 0 Å². The summed E-state index contributed by atoms with van der Waals surface area (Å²) in [5, 5.41) is 20.7. The summed E-state index contributed by atoms with van der Waals surface area (Å²) in [6.45, 7) is 2.31. The van der Waals surface area contributed by atoms with E-state index in [1.165, 1.54) is 77.0 Å². The van der Waals surface area contributed by atoms with Crippen molar-refractivity contribution >= 4 is 33.6 Å². The molecule has 113 heavy (non-hydrogen) atoms. The number of ether oxygens (including phenoxy) is 3. The van der Waals surface area contributed by atoms with E-state index in [0.29, 0.717) is 19.3 Å². The average molecular weight is 1620 g/mol. The maximum absolute atomic E-state index is 13.0. The highest BCUT2D eigenvalue weighted by Crippen LogP contribution is 2.45. The van der Waals surface area contributed by atoms with Gasteiger partial charge in [-0.25, -0.2) is 9.13 Å². The average Bonchev–Trinajstić information content (AvgIpc) is 0.899. The maximum Gasteiger partial charge on any atom is 0.472 e. The molecule has 0 saturated heterocycles. The zero-order valence-corrected chi connectivity index (χ0v) is 72.3. The number of aliphatic hydroxyl groups excluding tert-OH is 2. The van der Waals surface area contributed by atoms with Crippen LogP contribution in [-0.2, 0) is 55.8 Å². The molecule has 642 valence electrons. The molecule has 0 aromatic rings. The fourth-order valence-electron chi connectivity index (χ4n) is 11.3. The van der Waals surface area contributed by atoms with Gasteiger partial charge in [0.25, 0.3) is 0 Å². The van der Waals surface area contributed by atoms with Gasteiger partial charge >= 0.3 is 33.6 Å². The Kier molecular flexibility index (Phi) is 81.5. The summed E-state index contributed by atoms with van der Waals surface area (Å²) >= 11 is 0. The first-order chi connectivity index (χ1) is 55.2. The van der Waals surface area contributed by atoms with E-state index in [2.05, 4.69) is 215 Å². The van der Waals surface area contributed by atoms with E-state index in [-0.39, 0.29) is 19.3 Å². The van der Waals surface area contributed by atoms with Crippen molar-refractivity contribution in [3.63, 3.8) is 0 Å². The molecule has 0 aliphatic carbocycles. The van der Waals surface area contributed by atoms with Gasteiger partial charge in [-0.3, -0.25) is 32.5 Å². The van der Waals surface area contributed by atoms with Gasteiger partial charge in [0, 0.05) is 19.3 Å². The zero-order valence-electron chi connectivity index (χ0n) is 70.5. The summed E-state index contributed by atoms with van der Waals surface area (Å²) in [5.74, 6) is -1.62. The van der Waals surface area contributed by atoms with Crippen LogP contribution >= 0.6 is 15.6 Å². The number of carbonyl (C=O) groups excluding carboxylic acids is 3. The Balaban J connectivity index is 4.64. The third kappa shape index (κ3) is 87.1. The van der Waals surface area contributed by atoms with Crippen LogP contribution < -0.4 is 0 Å². The Morgan fingerprint density at radius 3 is 0.699 bits per heavy atom. The first kappa shape index (κ1) is 107. The van der Waals surface area contributed by atoms with Gasteiger partial charge in [-0.2, -0.15) is 0 Å². The van der Waals surface area contributed by atoms with Gasteiger partial charge in [0.15, 0.2) is 6.10 Å². The van der Waals surface area contributed by atoms with E-state index < -0.39 is 91.5 Å². The third-order valence-corrected chi connectivity index (χ3v) is 19.7. The van der Waals surface area contributed by atoms with Crippen LogP contribution in [0.1, 0.15) is 329 Å². The van der Waals surface area contributed by atoms with Gasteiger partial charge in [0.1, 0.15) is 25.4 Å². The number of carbonyl (C=O) groups is 3. The van der Waals surface area contributed by atoms with Gasteiger partial charge in [-0.15, -0.1) is 0 Å². The second-order valence-electron chi connectivity index (χ2n) is 28.5. The number of rotatable bonds is 81. The van der Waals surface area contributed by atoms with Crippen molar-refractivity contribution in [2.24, 2.45) is 0 Å². The minimum Gasteiger partial charge on any atom is -0.463 e. The molecule has 0 heterocycles. The lowest BCUT2D eigenvalue weighted by Gasteiger charge is -2.21. The number of hydrogen-bond acceptors (Lipinski definition) is 14. The second kappa shape index (κ2) is 85.8. The van der Waals surface area contributed by atoms with Crippen molar-refractivity contribution in [3.05, 3.63) is 194 Å². The van der Waals surface area contributed by atoms with Crippen LogP contribution in [0.25, 0.3) is 0 Å². The quantitative estimate of drug-likeness (QED) is 0.0146. The molecule has 0 radical (unpaired) electrons. The Morgan fingerprint density at radius 1 is 0.248 bits per heavy atom. The van der Waals surface area contributed by atoms with Gasteiger partial charge in [0.2, 0.25) is 0 Å². The number of phosphoric acid groups is 2. The molecule has 0 aromatic carbocycles. The zero-order chi connectivity index (χ0) is 82.2. The molecule has 4 N–H and O–H groups in total. The lowest BCUT2D eigenvalue weighted by molar-refractivity contribution is -0.161. The second-order valence-corrected chi connectivity index (χ2v) is 31.5. The third-order valence-electron chi connectivity index (χ3n) is 17.8. The van der Waals surface area contributed by atoms with Crippen molar-refractivity contribution in [2.75, 3.05) is 39.6 Å². The van der Waals surface area contributed by atoms with Gasteiger partial charge in [-0.1, -0.05) is 344 Å². The molecule has 5 atom stereocenters. The van der Waals surface area contributed by atoms with Gasteiger partial charge in [-0.05, 0) is 161 Å². The number of esters is 3. The molecule has 5 unspecified atom stereocenters. The molecule has 0 saturated carbocycles. The van der Waals surface area contributed by atoms with Crippen LogP contribution in [0.3, 0.4) is 0 Å². The topological polar surface area (TPSA) is 231 Å². The van der Waals surface area contributed by atoms with E-state index in [4.69, 9.17) is 32.3 Å². The molecule has 18 heteroatoms. The van der Waals surface area contributed by atoms with Gasteiger partial charge < -0.3 is 34.2 Å². The highest BCUT2D eigenvalue weighted by molar-refractivity contribution is 7.47. The highest BCUT2D eigenvalue weighted by Gasteiger charge is 2.29. The molecule has 0 aliphatic heterocycles. The predicted molar refractivity (Wildman–Crippen MR) is 472 cm³/mol. The Labute approximate surface area is 687 Å². The predicted octanol–water partition coefficient (Wildman–Crippen LogP) is 26.7. The number of hydrogen-bond donors (Lipinski definition) is 4.